The van der Waals surface area contributed by atoms with Gasteiger partial charge in [-0.1, -0.05) is 11.6 Å². The van der Waals surface area contributed by atoms with E-state index in [-0.39, 0.29) is 0 Å². The van der Waals surface area contributed by atoms with Gasteiger partial charge in [-0.25, -0.2) is 0 Å². The lowest BCUT2D eigenvalue weighted by Gasteiger charge is -2.07. The third-order valence-corrected chi connectivity index (χ3v) is 3.68. The molecule has 0 aliphatic carbocycles. The summed E-state index contributed by atoms with van der Waals surface area (Å²) in [6.07, 6.45) is 0. The highest BCUT2D eigenvalue weighted by molar-refractivity contribution is 9.10. The van der Waals surface area contributed by atoms with Crippen LogP contribution in [0.15, 0.2) is 46.9 Å². The van der Waals surface area contributed by atoms with Crippen LogP contribution in [0, 0.1) is 0 Å². The predicted molar refractivity (Wildman–Crippen MR) is 81.7 cm³/mol. The zero-order valence-electron chi connectivity index (χ0n) is 10.2. The first kappa shape index (κ1) is 13.1. The van der Waals surface area contributed by atoms with Gasteiger partial charge >= 0.3 is 0 Å². The highest BCUT2D eigenvalue weighted by Crippen LogP contribution is 2.27. The molecule has 20 heavy (non-hydrogen) atoms. The van der Waals surface area contributed by atoms with Gasteiger partial charge in [0.15, 0.2) is 5.82 Å². The van der Waals surface area contributed by atoms with E-state index in [1.54, 1.807) is 28.9 Å². The number of hydrogen-bond acceptors (Lipinski definition) is 4. The van der Waals surface area contributed by atoms with Crippen LogP contribution in [0.25, 0.3) is 17.1 Å². The number of anilines is 1. The highest BCUT2D eigenvalue weighted by atomic mass is 79.9. The van der Waals surface area contributed by atoms with Crippen molar-refractivity contribution >= 4 is 33.2 Å². The summed E-state index contributed by atoms with van der Waals surface area (Å²) < 4.78 is 2.48. The van der Waals surface area contributed by atoms with Crippen molar-refractivity contribution < 1.29 is 0 Å². The molecular weight excluding hydrogens is 342 g/mol. The van der Waals surface area contributed by atoms with Crippen LogP contribution in [0.3, 0.4) is 0 Å². The molecule has 100 valence electrons. The molecule has 0 saturated carbocycles. The van der Waals surface area contributed by atoms with Crippen LogP contribution in [-0.2, 0) is 0 Å². The third-order valence-electron chi connectivity index (χ3n) is 2.77. The number of nitrogens with zero attached hydrogens (tertiary/aromatic N) is 4. The van der Waals surface area contributed by atoms with E-state index in [0.717, 1.165) is 15.7 Å². The Labute approximate surface area is 128 Å². The molecular formula is C13H9BrClN5. The van der Waals surface area contributed by atoms with Crippen molar-refractivity contribution in [1.29, 1.82) is 0 Å². The number of nitrogens with two attached hydrogens (primary N) is 1. The van der Waals surface area contributed by atoms with Gasteiger partial charge in [0, 0.05) is 20.7 Å². The Morgan fingerprint density at radius 3 is 2.60 bits per heavy atom. The summed E-state index contributed by atoms with van der Waals surface area (Å²) in [5.41, 5.74) is 8.03. The average Bonchev–Trinajstić information content (AvgIpc) is 2.91. The smallest absolute Gasteiger partial charge is 0.187 e. The highest BCUT2D eigenvalue weighted by Gasteiger charge is 2.13. The van der Waals surface area contributed by atoms with Crippen LogP contribution in [-0.4, -0.2) is 20.2 Å². The number of rotatable bonds is 2. The quantitative estimate of drug-likeness (QED) is 0.720. The van der Waals surface area contributed by atoms with E-state index in [1.807, 2.05) is 18.2 Å². The monoisotopic (exact) mass is 349 g/mol. The van der Waals surface area contributed by atoms with Gasteiger partial charge in [0.05, 0.1) is 5.69 Å². The minimum absolute atomic E-state index is 0.613. The molecule has 3 aromatic rings. The van der Waals surface area contributed by atoms with Crippen molar-refractivity contribution in [2.24, 2.45) is 0 Å². The fourth-order valence-corrected chi connectivity index (χ4v) is 2.39. The second-order valence-corrected chi connectivity index (χ2v) is 5.42. The van der Waals surface area contributed by atoms with Crippen LogP contribution in [0.4, 0.5) is 5.69 Å². The van der Waals surface area contributed by atoms with E-state index in [9.17, 15) is 0 Å². The minimum atomic E-state index is 0.613. The van der Waals surface area contributed by atoms with Gasteiger partial charge < -0.3 is 5.73 Å². The summed E-state index contributed by atoms with van der Waals surface area (Å²) in [5.74, 6) is 0.618. The molecule has 0 unspecified atom stereocenters. The molecule has 0 spiro atoms. The summed E-state index contributed by atoms with van der Waals surface area (Å²) in [5, 5.41) is 12.4. The molecule has 0 atom stereocenters. The molecule has 1 heterocycles. The molecule has 0 saturated heterocycles. The summed E-state index contributed by atoms with van der Waals surface area (Å²) in [7, 11) is 0. The van der Waals surface area contributed by atoms with E-state index in [4.69, 9.17) is 17.3 Å². The molecule has 0 aliphatic heterocycles. The molecule has 7 heteroatoms. The largest absolute Gasteiger partial charge is 0.399 e. The maximum Gasteiger partial charge on any atom is 0.187 e. The van der Waals surface area contributed by atoms with Crippen LogP contribution in [0.2, 0.25) is 5.02 Å². The van der Waals surface area contributed by atoms with Crippen molar-refractivity contribution in [2.45, 2.75) is 0 Å². The molecule has 0 bridgehead atoms. The lowest BCUT2D eigenvalue weighted by Crippen LogP contribution is -2.01. The van der Waals surface area contributed by atoms with Crippen LogP contribution in [0.1, 0.15) is 0 Å². The van der Waals surface area contributed by atoms with Crippen molar-refractivity contribution in [2.75, 3.05) is 5.73 Å². The Hall–Kier alpha value is -1.92. The summed E-state index contributed by atoms with van der Waals surface area (Å²) in [6, 6.07) is 12.8. The predicted octanol–water partition coefficient (Wildman–Crippen LogP) is 3.33. The second-order valence-electron chi connectivity index (χ2n) is 4.13. The zero-order chi connectivity index (χ0) is 14.1. The molecule has 2 aromatic carbocycles. The fourth-order valence-electron chi connectivity index (χ4n) is 1.81. The maximum absolute atomic E-state index is 6.03. The van der Waals surface area contributed by atoms with Gasteiger partial charge in [-0.15, -0.1) is 5.10 Å². The van der Waals surface area contributed by atoms with E-state index in [1.165, 1.54) is 0 Å². The second kappa shape index (κ2) is 5.22. The Bertz CT molecular complexity index is 754. The Morgan fingerprint density at radius 1 is 1.10 bits per heavy atom. The van der Waals surface area contributed by atoms with Crippen molar-refractivity contribution in [3.63, 3.8) is 0 Å². The molecule has 3 rings (SSSR count). The van der Waals surface area contributed by atoms with E-state index >= 15 is 0 Å². The van der Waals surface area contributed by atoms with E-state index in [0.29, 0.717) is 16.5 Å². The van der Waals surface area contributed by atoms with Gasteiger partial charge in [-0.2, -0.15) is 4.68 Å². The molecule has 0 aliphatic rings. The molecule has 0 fully saturated rings. The number of nitrogen functional groups attached to an aromatic ring is 1. The van der Waals surface area contributed by atoms with Gasteiger partial charge in [0.1, 0.15) is 0 Å². The standard InChI is InChI=1S/C13H9BrClN5/c14-11-6-3-9(15)7-12(11)20-13(17-18-19-20)8-1-4-10(16)5-2-8/h1-7H,16H2. The lowest BCUT2D eigenvalue weighted by molar-refractivity contribution is 0.789. The summed E-state index contributed by atoms with van der Waals surface area (Å²) >= 11 is 9.51. The summed E-state index contributed by atoms with van der Waals surface area (Å²) in [6.45, 7) is 0. The Kier molecular flexibility index (Phi) is 3.42. The number of aromatic nitrogens is 4. The van der Waals surface area contributed by atoms with Crippen molar-refractivity contribution in [1.82, 2.24) is 20.2 Å². The van der Waals surface area contributed by atoms with Gasteiger partial charge in [0.25, 0.3) is 0 Å². The SMILES string of the molecule is Nc1ccc(-c2nnnn2-c2cc(Cl)ccc2Br)cc1. The molecule has 2 N–H and O–H groups in total. The maximum atomic E-state index is 6.03. The van der Waals surface area contributed by atoms with Crippen LogP contribution in [0.5, 0.6) is 0 Å². The number of hydrogen-bond donors (Lipinski definition) is 1. The topological polar surface area (TPSA) is 69.6 Å². The normalized spacial score (nSPS) is 10.7. The third kappa shape index (κ3) is 2.39. The first-order valence-electron chi connectivity index (χ1n) is 5.75. The van der Waals surface area contributed by atoms with Gasteiger partial charge in [-0.05, 0) is 68.8 Å². The van der Waals surface area contributed by atoms with E-state index in [2.05, 4.69) is 31.5 Å². The number of benzene rings is 2. The Morgan fingerprint density at radius 2 is 1.85 bits per heavy atom. The van der Waals surface area contributed by atoms with Crippen LogP contribution >= 0.6 is 27.5 Å². The van der Waals surface area contributed by atoms with Crippen molar-refractivity contribution in [3.05, 3.63) is 52.0 Å². The van der Waals surface area contributed by atoms with Crippen LogP contribution < -0.4 is 5.73 Å². The lowest BCUT2D eigenvalue weighted by atomic mass is 10.2. The Balaban J connectivity index is 2.15. The van der Waals surface area contributed by atoms with Gasteiger partial charge in [0.2, 0.25) is 0 Å². The zero-order valence-corrected chi connectivity index (χ0v) is 12.5. The molecule has 0 radical (unpaired) electrons. The molecule has 0 amide bonds. The van der Waals surface area contributed by atoms with Gasteiger partial charge in [-0.3, -0.25) is 0 Å². The first-order chi connectivity index (χ1) is 9.65. The average molecular weight is 351 g/mol. The minimum Gasteiger partial charge on any atom is -0.399 e. The van der Waals surface area contributed by atoms with Crippen molar-refractivity contribution in [3.8, 4) is 17.1 Å². The number of halogens is 2. The molecule has 1 aromatic heterocycles. The van der Waals surface area contributed by atoms with E-state index < -0.39 is 0 Å². The summed E-state index contributed by atoms with van der Waals surface area (Å²) in [4.78, 5) is 0. The fraction of sp³-hybridized carbons (Fsp3) is 0. The number of tetrazole rings is 1. The molecule has 5 nitrogen and oxygen atoms in total. The first-order valence-corrected chi connectivity index (χ1v) is 6.92.